The predicted molar refractivity (Wildman–Crippen MR) is 106 cm³/mol. The zero-order valence-corrected chi connectivity index (χ0v) is 16.7. The number of nitriles is 1. The van der Waals surface area contributed by atoms with Crippen molar-refractivity contribution in [2.45, 2.75) is 6.54 Å². The number of rotatable bonds is 4. The molecule has 0 unspecified atom stereocenters. The van der Waals surface area contributed by atoms with E-state index in [2.05, 4.69) is 15.3 Å². The maximum absolute atomic E-state index is 14.4. The number of urea groups is 1. The second-order valence-corrected chi connectivity index (χ2v) is 6.66. The first-order chi connectivity index (χ1) is 15.3. The van der Waals surface area contributed by atoms with Crippen molar-refractivity contribution in [3.05, 3.63) is 82.2 Å². The van der Waals surface area contributed by atoms with E-state index in [-0.39, 0.29) is 39.5 Å². The van der Waals surface area contributed by atoms with Gasteiger partial charge in [0.2, 0.25) is 0 Å². The van der Waals surface area contributed by atoms with Crippen LogP contribution in [0.5, 0.6) is 0 Å². The first-order valence-electron chi connectivity index (χ1n) is 8.77. The standard InChI is InChI=1S/C20H12ClF3N6O2/c21-12-3-14(15(5-25)16(23)4-12)10-2-17(24)18(27-7-10)9-28-20(32)30-29-19(31)11-1-13(22)8-26-6-11/h1-4,6-8H,9H2,(H,29,31)(H2,28,30,32). The molecule has 0 saturated carbocycles. The molecule has 0 saturated heterocycles. The summed E-state index contributed by atoms with van der Waals surface area (Å²) in [6.07, 6.45) is 3.21. The molecule has 3 amide bonds. The Bertz CT molecular complexity index is 1250. The molecule has 162 valence electrons. The van der Waals surface area contributed by atoms with E-state index >= 15 is 0 Å². The van der Waals surface area contributed by atoms with Crippen LogP contribution in [-0.4, -0.2) is 21.9 Å². The topological polar surface area (TPSA) is 120 Å². The quantitative estimate of drug-likeness (QED) is 0.516. The molecule has 0 fully saturated rings. The number of pyridine rings is 2. The lowest BCUT2D eigenvalue weighted by Gasteiger charge is -2.10. The number of nitrogens with zero attached hydrogens (tertiary/aromatic N) is 3. The number of carbonyl (C=O) groups excluding carboxylic acids is 2. The number of benzene rings is 1. The van der Waals surface area contributed by atoms with E-state index in [0.29, 0.717) is 0 Å². The number of amides is 3. The van der Waals surface area contributed by atoms with E-state index in [1.165, 1.54) is 12.3 Å². The first kappa shape index (κ1) is 22.5. The minimum absolute atomic E-state index is 0.0235. The lowest BCUT2D eigenvalue weighted by Crippen LogP contribution is -2.46. The van der Waals surface area contributed by atoms with Gasteiger partial charge >= 0.3 is 6.03 Å². The third-order valence-corrected chi connectivity index (χ3v) is 4.29. The van der Waals surface area contributed by atoms with Gasteiger partial charge in [0, 0.05) is 28.5 Å². The van der Waals surface area contributed by atoms with Crippen LogP contribution in [0.4, 0.5) is 18.0 Å². The maximum Gasteiger partial charge on any atom is 0.333 e. The van der Waals surface area contributed by atoms with Gasteiger partial charge in [-0.25, -0.2) is 23.4 Å². The van der Waals surface area contributed by atoms with Crippen molar-refractivity contribution in [1.82, 2.24) is 26.1 Å². The molecule has 32 heavy (non-hydrogen) atoms. The van der Waals surface area contributed by atoms with Crippen molar-refractivity contribution in [3.63, 3.8) is 0 Å². The Labute approximate surface area is 184 Å². The normalized spacial score (nSPS) is 10.2. The summed E-state index contributed by atoms with van der Waals surface area (Å²) < 4.78 is 41.4. The van der Waals surface area contributed by atoms with E-state index < -0.39 is 29.4 Å². The fourth-order valence-electron chi connectivity index (χ4n) is 2.59. The van der Waals surface area contributed by atoms with Gasteiger partial charge < -0.3 is 5.32 Å². The van der Waals surface area contributed by atoms with Crippen LogP contribution >= 0.6 is 11.6 Å². The summed E-state index contributed by atoms with van der Waals surface area (Å²) in [6.45, 7) is -0.357. The van der Waals surface area contributed by atoms with Crippen LogP contribution in [0.25, 0.3) is 11.1 Å². The predicted octanol–water partition coefficient (Wildman–Crippen LogP) is 3.23. The van der Waals surface area contributed by atoms with Crippen LogP contribution in [0.3, 0.4) is 0 Å². The van der Waals surface area contributed by atoms with Gasteiger partial charge in [0.25, 0.3) is 5.91 Å². The van der Waals surface area contributed by atoms with Gasteiger partial charge in [0.05, 0.1) is 29.6 Å². The van der Waals surface area contributed by atoms with Crippen LogP contribution in [0.1, 0.15) is 21.6 Å². The molecule has 0 aliphatic carbocycles. The van der Waals surface area contributed by atoms with Crippen molar-refractivity contribution in [2.24, 2.45) is 0 Å². The van der Waals surface area contributed by atoms with Gasteiger partial charge in [0.15, 0.2) is 0 Å². The number of carbonyl (C=O) groups is 2. The summed E-state index contributed by atoms with van der Waals surface area (Å²) in [5.74, 6) is -3.23. The Morgan fingerprint density at radius 2 is 1.81 bits per heavy atom. The van der Waals surface area contributed by atoms with Gasteiger partial charge in [-0.05, 0) is 24.3 Å². The molecule has 0 aliphatic rings. The molecule has 8 nitrogen and oxygen atoms in total. The number of halogens is 4. The fraction of sp³-hybridized carbons (Fsp3) is 0.0500. The molecule has 1 aromatic carbocycles. The molecule has 0 bridgehead atoms. The monoisotopic (exact) mass is 460 g/mol. The maximum atomic E-state index is 14.4. The minimum Gasteiger partial charge on any atom is -0.331 e. The fourth-order valence-corrected chi connectivity index (χ4v) is 2.79. The first-order valence-corrected chi connectivity index (χ1v) is 9.15. The summed E-state index contributed by atoms with van der Waals surface area (Å²) in [5, 5.41) is 11.4. The molecule has 3 N–H and O–H groups in total. The molecule has 0 radical (unpaired) electrons. The molecular formula is C20H12ClF3N6O2. The molecule has 3 aromatic rings. The summed E-state index contributed by atoms with van der Waals surface area (Å²) in [4.78, 5) is 31.0. The van der Waals surface area contributed by atoms with E-state index in [4.69, 9.17) is 16.9 Å². The second kappa shape index (κ2) is 9.76. The van der Waals surface area contributed by atoms with Crippen molar-refractivity contribution in [1.29, 1.82) is 5.26 Å². The second-order valence-electron chi connectivity index (χ2n) is 6.23. The van der Waals surface area contributed by atoms with Crippen LogP contribution < -0.4 is 16.2 Å². The lowest BCUT2D eigenvalue weighted by molar-refractivity contribution is 0.0935. The van der Waals surface area contributed by atoms with E-state index in [1.807, 2.05) is 10.9 Å². The third-order valence-electron chi connectivity index (χ3n) is 4.07. The molecule has 2 aromatic heterocycles. The number of aromatic nitrogens is 2. The van der Waals surface area contributed by atoms with Crippen LogP contribution in [0, 0.1) is 28.8 Å². The Hall–Kier alpha value is -4.17. The van der Waals surface area contributed by atoms with Crippen LogP contribution in [-0.2, 0) is 6.54 Å². The largest absolute Gasteiger partial charge is 0.333 e. The molecule has 2 heterocycles. The number of hydrazine groups is 1. The van der Waals surface area contributed by atoms with Crippen molar-refractivity contribution < 1.29 is 22.8 Å². The van der Waals surface area contributed by atoms with Gasteiger partial charge in [-0.3, -0.25) is 20.2 Å². The molecule has 0 spiro atoms. The van der Waals surface area contributed by atoms with E-state index in [1.54, 1.807) is 6.07 Å². The molecular weight excluding hydrogens is 449 g/mol. The zero-order valence-electron chi connectivity index (χ0n) is 15.9. The SMILES string of the molecule is N#Cc1c(F)cc(Cl)cc1-c1cnc(CNC(=O)NNC(=O)c2cncc(F)c2)c(F)c1. The van der Waals surface area contributed by atoms with Crippen LogP contribution in [0.15, 0.2) is 42.9 Å². The molecule has 0 aliphatic heterocycles. The highest BCUT2D eigenvalue weighted by atomic mass is 35.5. The molecule has 3 rings (SSSR count). The Kier molecular flexibility index (Phi) is 6.87. The van der Waals surface area contributed by atoms with Gasteiger partial charge in [-0.15, -0.1) is 0 Å². The van der Waals surface area contributed by atoms with Crippen molar-refractivity contribution in [3.8, 4) is 17.2 Å². The van der Waals surface area contributed by atoms with Gasteiger partial charge in [-0.1, -0.05) is 11.6 Å². The van der Waals surface area contributed by atoms with Crippen LogP contribution in [0.2, 0.25) is 5.02 Å². The smallest absolute Gasteiger partial charge is 0.331 e. The molecule has 0 atom stereocenters. The highest BCUT2D eigenvalue weighted by Crippen LogP contribution is 2.29. The third kappa shape index (κ3) is 5.30. The lowest BCUT2D eigenvalue weighted by atomic mass is 10.0. The van der Waals surface area contributed by atoms with Gasteiger partial charge in [-0.2, -0.15) is 5.26 Å². The van der Waals surface area contributed by atoms with E-state index in [9.17, 15) is 22.8 Å². The number of hydrogen-bond acceptors (Lipinski definition) is 5. The summed E-state index contributed by atoms with van der Waals surface area (Å²) >= 11 is 5.81. The Morgan fingerprint density at radius 1 is 1.03 bits per heavy atom. The van der Waals surface area contributed by atoms with Gasteiger partial charge in [0.1, 0.15) is 23.5 Å². The van der Waals surface area contributed by atoms with Crippen molar-refractivity contribution >= 4 is 23.5 Å². The summed E-state index contributed by atoms with van der Waals surface area (Å²) in [5.41, 5.74) is 3.62. The highest BCUT2D eigenvalue weighted by molar-refractivity contribution is 6.31. The van der Waals surface area contributed by atoms with E-state index in [0.717, 1.165) is 30.6 Å². The Balaban J connectivity index is 1.63. The zero-order chi connectivity index (χ0) is 23.3. The summed E-state index contributed by atoms with van der Waals surface area (Å²) in [6, 6.07) is 5.02. The number of hydrogen-bond donors (Lipinski definition) is 3. The minimum atomic E-state index is -0.892. The average molecular weight is 461 g/mol. The number of nitrogens with one attached hydrogen (secondary N) is 3. The van der Waals surface area contributed by atoms with Crippen molar-refractivity contribution in [2.75, 3.05) is 0 Å². The summed E-state index contributed by atoms with van der Waals surface area (Å²) in [7, 11) is 0. The molecule has 12 heteroatoms. The highest BCUT2D eigenvalue weighted by Gasteiger charge is 2.15. The Morgan fingerprint density at radius 3 is 2.50 bits per heavy atom. The average Bonchev–Trinajstić information content (AvgIpc) is 2.76.